The van der Waals surface area contributed by atoms with Crippen molar-refractivity contribution in [3.8, 4) is 17.4 Å². The number of aryl methyl sites for hydroxylation is 1. The van der Waals surface area contributed by atoms with Crippen LogP contribution >= 0.6 is 0 Å². The summed E-state index contributed by atoms with van der Waals surface area (Å²) in [5.74, 6) is 0.383. The van der Waals surface area contributed by atoms with Crippen LogP contribution in [0.2, 0.25) is 0 Å². The molecule has 1 aromatic heterocycles. The predicted octanol–water partition coefficient (Wildman–Crippen LogP) is 2.36. The van der Waals surface area contributed by atoms with E-state index in [1.54, 1.807) is 13.8 Å². The maximum atomic E-state index is 13.2. The second-order valence-corrected chi connectivity index (χ2v) is 10.5. The van der Waals surface area contributed by atoms with Crippen molar-refractivity contribution in [3.05, 3.63) is 70.5 Å². The molecule has 0 amide bonds. The average Bonchev–Trinajstić information content (AvgIpc) is 2.74. The van der Waals surface area contributed by atoms with E-state index in [-0.39, 0.29) is 27.0 Å². The highest BCUT2D eigenvalue weighted by Crippen LogP contribution is 2.48. The largest absolute Gasteiger partial charge is 0.508 e. The van der Waals surface area contributed by atoms with Gasteiger partial charge in [0.15, 0.2) is 6.10 Å². The molecule has 3 aromatic rings. The highest BCUT2D eigenvalue weighted by Gasteiger charge is 2.54. The summed E-state index contributed by atoms with van der Waals surface area (Å²) in [5, 5.41) is 25.0. The van der Waals surface area contributed by atoms with Crippen LogP contribution in [0, 0.1) is 0 Å². The number of rotatable bonds is 4. The van der Waals surface area contributed by atoms with Crippen molar-refractivity contribution in [2.45, 2.75) is 47.9 Å². The third kappa shape index (κ3) is 3.85. The van der Waals surface area contributed by atoms with Crippen LogP contribution in [0.1, 0.15) is 32.4 Å². The second-order valence-electron chi connectivity index (χ2n) is 8.59. The van der Waals surface area contributed by atoms with Gasteiger partial charge in [-0.2, -0.15) is 0 Å². The molecule has 0 saturated carbocycles. The zero-order valence-electron chi connectivity index (χ0n) is 18.5. The van der Waals surface area contributed by atoms with E-state index in [1.807, 2.05) is 0 Å². The summed E-state index contributed by atoms with van der Waals surface area (Å²) in [6.07, 6.45) is -1.06. The Labute approximate surface area is 190 Å². The van der Waals surface area contributed by atoms with Gasteiger partial charge in [0.1, 0.15) is 22.7 Å². The molecule has 2 heterocycles. The first-order chi connectivity index (χ1) is 15.3. The zero-order valence-corrected chi connectivity index (χ0v) is 19.3. The van der Waals surface area contributed by atoms with Gasteiger partial charge in [0, 0.05) is 24.7 Å². The third-order valence-electron chi connectivity index (χ3n) is 5.99. The topological polar surface area (TPSA) is 128 Å². The van der Waals surface area contributed by atoms with Gasteiger partial charge in [-0.05, 0) is 63.2 Å². The first-order valence-electron chi connectivity index (χ1n) is 10.1. The molecule has 2 atom stereocenters. The molecule has 0 aliphatic carbocycles. The average molecular weight is 473 g/mol. The Morgan fingerprint density at radius 3 is 2.30 bits per heavy atom. The standard InChI is InChI=1S/C23H24N2O7S/c1-22(2)23(3,28)21(31-19-11-12-20(27)25(4)24-19)17-13-16(9-10-18(17)32-22)33(29,30)15-7-5-14(26)6-8-15/h5-13,21,26,28H,1-4H3. The molecule has 10 heteroatoms. The van der Waals surface area contributed by atoms with Crippen LogP contribution in [0.5, 0.6) is 17.4 Å². The van der Waals surface area contributed by atoms with Crippen molar-refractivity contribution in [1.82, 2.24) is 9.78 Å². The number of aromatic nitrogens is 2. The maximum absolute atomic E-state index is 13.2. The fourth-order valence-corrected chi connectivity index (χ4v) is 4.89. The van der Waals surface area contributed by atoms with E-state index in [9.17, 15) is 23.4 Å². The lowest BCUT2D eigenvalue weighted by atomic mass is 9.77. The van der Waals surface area contributed by atoms with Crippen LogP contribution in [-0.2, 0) is 16.9 Å². The van der Waals surface area contributed by atoms with E-state index in [1.165, 1.54) is 68.6 Å². The number of fused-ring (bicyclic) bond motifs is 1. The molecule has 0 radical (unpaired) electrons. The molecule has 1 aliphatic rings. The number of ether oxygens (including phenoxy) is 2. The highest BCUT2D eigenvalue weighted by molar-refractivity contribution is 7.91. The monoisotopic (exact) mass is 472 g/mol. The molecule has 0 fully saturated rings. The van der Waals surface area contributed by atoms with Crippen molar-refractivity contribution >= 4 is 9.84 Å². The van der Waals surface area contributed by atoms with Crippen LogP contribution in [0.25, 0.3) is 0 Å². The van der Waals surface area contributed by atoms with Crippen LogP contribution in [0.15, 0.2) is 69.2 Å². The molecule has 0 spiro atoms. The van der Waals surface area contributed by atoms with Gasteiger partial charge in [0.05, 0.1) is 9.79 Å². The zero-order chi connectivity index (χ0) is 24.2. The summed E-state index contributed by atoms with van der Waals surface area (Å²) in [6, 6.07) is 12.2. The van der Waals surface area contributed by atoms with Gasteiger partial charge in [0.2, 0.25) is 15.7 Å². The minimum atomic E-state index is -3.93. The maximum Gasteiger partial charge on any atom is 0.266 e. The molecule has 9 nitrogen and oxygen atoms in total. The minimum absolute atomic E-state index is 0.00117. The van der Waals surface area contributed by atoms with Crippen LogP contribution in [0.3, 0.4) is 0 Å². The number of phenols is 1. The lowest BCUT2D eigenvalue weighted by Crippen LogP contribution is -2.59. The van der Waals surface area contributed by atoms with Gasteiger partial charge < -0.3 is 19.7 Å². The molecule has 0 saturated heterocycles. The smallest absolute Gasteiger partial charge is 0.266 e. The second kappa shape index (κ2) is 7.60. The molecule has 2 aromatic carbocycles. The van der Waals surface area contributed by atoms with Crippen molar-refractivity contribution < 1.29 is 28.1 Å². The fraction of sp³-hybridized carbons (Fsp3) is 0.304. The summed E-state index contributed by atoms with van der Waals surface area (Å²) < 4.78 is 39.5. The summed E-state index contributed by atoms with van der Waals surface area (Å²) in [4.78, 5) is 11.7. The Morgan fingerprint density at radius 1 is 1.03 bits per heavy atom. The van der Waals surface area contributed by atoms with Crippen molar-refractivity contribution in [1.29, 1.82) is 0 Å². The number of aromatic hydroxyl groups is 1. The van der Waals surface area contributed by atoms with Crippen molar-refractivity contribution in [3.63, 3.8) is 0 Å². The van der Waals surface area contributed by atoms with E-state index >= 15 is 0 Å². The van der Waals surface area contributed by atoms with Gasteiger partial charge in [-0.1, -0.05) is 0 Å². The molecular formula is C23H24N2O7S. The van der Waals surface area contributed by atoms with Gasteiger partial charge in [-0.25, -0.2) is 13.1 Å². The number of aliphatic hydroxyl groups is 1. The van der Waals surface area contributed by atoms with E-state index in [4.69, 9.17) is 9.47 Å². The minimum Gasteiger partial charge on any atom is -0.508 e. The molecule has 1 aliphatic heterocycles. The summed E-state index contributed by atoms with van der Waals surface area (Å²) in [5.41, 5.74) is -2.71. The Bertz CT molecular complexity index is 1380. The third-order valence-corrected chi connectivity index (χ3v) is 7.76. The first-order valence-corrected chi connectivity index (χ1v) is 11.6. The SMILES string of the molecule is Cn1nc(OC2c3cc(S(=O)(=O)c4ccc(O)cc4)ccc3OC(C)(C)C2(C)O)ccc1=O. The van der Waals surface area contributed by atoms with E-state index in [2.05, 4.69) is 5.10 Å². The number of nitrogens with zero attached hydrogens (tertiary/aromatic N) is 2. The molecule has 4 rings (SSSR count). The summed E-state index contributed by atoms with van der Waals surface area (Å²) in [6.45, 7) is 4.92. The number of hydrogen-bond donors (Lipinski definition) is 2. The van der Waals surface area contributed by atoms with Gasteiger partial charge >= 0.3 is 0 Å². The van der Waals surface area contributed by atoms with Gasteiger partial charge in [-0.3, -0.25) is 4.79 Å². The predicted molar refractivity (Wildman–Crippen MR) is 118 cm³/mol. The normalized spacial score (nSPS) is 21.7. The lowest BCUT2D eigenvalue weighted by molar-refractivity contribution is -0.175. The van der Waals surface area contributed by atoms with Crippen molar-refractivity contribution in [2.75, 3.05) is 0 Å². The van der Waals surface area contributed by atoms with E-state index in [0.717, 1.165) is 4.68 Å². The Morgan fingerprint density at radius 2 is 1.67 bits per heavy atom. The molecule has 174 valence electrons. The van der Waals surface area contributed by atoms with E-state index < -0.39 is 27.1 Å². The van der Waals surface area contributed by atoms with Gasteiger partial charge in [-0.15, -0.1) is 5.10 Å². The van der Waals surface area contributed by atoms with Gasteiger partial charge in [0.25, 0.3) is 5.56 Å². The van der Waals surface area contributed by atoms with Crippen LogP contribution < -0.4 is 15.0 Å². The Balaban J connectivity index is 1.84. The fourth-order valence-electron chi connectivity index (χ4n) is 3.59. The van der Waals surface area contributed by atoms with Crippen LogP contribution in [-0.4, -0.2) is 39.6 Å². The number of benzene rings is 2. The highest BCUT2D eigenvalue weighted by atomic mass is 32.2. The first kappa shape index (κ1) is 22.8. The number of sulfone groups is 1. The lowest BCUT2D eigenvalue weighted by Gasteiger charge is -2.48. The van der Waals surface area contributed by atoms with E-state index in [0.29, 0.717) is 11.3 Å². The Kier molecular flexibility index (Phi) is 5.25. The number of hydrogen-bond acceptors (Lipinski definition) is 8. The Hall–Kier alpha value is -3.37. The summed E-state index contributed by atoms with van der Waals surface area (Å²) >= 11 is 0. The molecular weight excluding hydrogens is 448 g/mol. The number of phenolic OH excluding ortho intramolecular Hbond substituents is 1. The molecule has 2 unspecified atom stereocenters. The molecule has 2 N–H and O–H groups in total. The van der Waals surface area contributed by atoms with Crippen molar-refractivity contribution in [2.24, 2.45) is 7.05 Å². The summed E-state index contributed by atoms with van der Waals surface area (Å²) in [7, 11) is -2.46. The quantitative estimate of drug-likeness (QED) is 0.592. The molecule has 33 heavy (non-hydrogen) atoms. The molecule has 0 bridgehead atoms. The van der Waals surface area contributed by atoms with Crippen LogP contribution in [0.4, 0.5) is 0 Å².